The largest absolute Gasteiger partial charge is 0.497 e. The predicted octanol–water partition coefficient (Wildman–Crippen LogP) is 3.38. The van der Waals surface area contributed by atoms with Crippen molar-refractivity contribution >= 4 is 28.6 Å². The second kappa shape index (κ2) is 11.1. The lowest BCUT2D eigenvalue weighted by atomic mass is 10.1. The van der Waals surface area contributed by atoms with Crippen LogP contribution in [-0.2, 0) is 11.3 Å². The summed E-state index contributed by atoms with van der Waals surface area (Å²) in [5.74, 6) is -0.539. The van der Waals surface area contributed by atoms with Crippen molar-refractivity contribution in [2.24, 2.45) is 4.99 Å². The van der Waals surface area contributed by atoms with Crippen molar-refractivity contribution in [2.45, 2.75) is 33.2 Å². The first kappa shape index (κ1) is 25.6. The molecule has 3 aromatic heterocycles. The highest BCUT2D eigenvalue weighted by Gasteiger charge is 2.21. The van der Waals surface area contributed by atoms with Gasteiger partial charge in [-0.05, 0) is 43.7 Å². The van der Waals surface area contributed by atoms with Gasteiger partial charge in [-0.2, -0.15) is 4.99 Å². The highest BCUT2D eigenvalue weighted by molar-refractivity contribution is 5.99. The fourth-order valence-corrected chi connectivity index (χ4v) is 4.02. The zero-order chi connectivity index (χ0) is 26.5. The number of aryl methyl sites for hydroxylation is 1. The van der Waals surface area contributed by atoms with Crippen molar-refractivity contribution in [1.29, 1.82) is 0 Å². The Hall–Kier alpha value is -4.47. The van der Waals surface area contributed by atoms with E-state index >= 15 is 0 Å². The quantitative estimate of drug-likeness (QED) is 0.267. The van der Waals surface area contributed by atoms with Gasteiger partial charge in [0.05, 0.1) is 31.8 Å². The Morgan fingerprint density at radius 3 is 2.54 bits per heavy atom. The van der Waals surface area contributed by atoms with Gasteiger partial charge < -0.3 is 18.8 Å². The molecule has 0 saturated carbocycles. The number of ether oxygens (including phenoxy) is 3. The smallest absolute Gasteiger partial charge is 0.341 e. The molecule has 0 aliphatic heterocycles. The van der Waals surface area contributed by atoms with Gasteiger partial charge in [0, 0.05) is 18.8 Å². The van der Waals surface area contributed by atoms with Crippen LogP contribution in [-0.4, -0.2) is 46.7 Å². The lowest BCUT2D eigenvalue weighted by Gasteiger charge is -2.15. The van der Waals surface area contributed by atoms with Crippen LogP contribution < -0.4 is 20.5 Å². The van der Waals surface area contributed by atoms with Gasteiger partial charge in [0.2, 0.25) is 0 Å². The van der Waals surface area contributed by atoms with Crippen molar-refractivity contribution in [3.63, 3.8) is 0 Å². The Morgan fingerprint density at radius 2 is 1.84 bits per heavy atom. The number of esters is 1. The minimum absolute atomic E-state index is 0.000984. The Morgan fingerprint density at radius 1 is 1.03 bits per heavy atom. The van der Waals surface area contributed by atoms with Gasteiger partial charge in [0.1, 0.15) is 28.4 Å². The number of aromatic nitrogens is 3. The van der Waals surface area contributed by atoms with Crippen molar-refractivity contribution in [3.05, 3.63) is 75.6 Å². The van der Waals surface area contributed by atoms with Crippen LogP contribution in [0.5, 0.6) is 11.5 Å². The molecule has 0 radical (unpaired) electrons. The monoisotopic (exact) mass is 504 g/mol. The molecule has 10 heteroatoms. The molecule has 192 valence electrons. The molecule has 0 unspecified atom stereocenters. The predicted molar refractivity (Wildman–Crippen MR) is 137 cm³/mol. The maximum atomic E-state index is 13.4. The SMILES string of the molecule is CCCCn1c(=NC(=O)c2ccc(OC)cc2OC)c(C(=O)OCC)cc2c(=O)n3ccccc3nc21. The normalized spacial score (nSPS) is 11.6. The number of rotatable bonds is 8. The van der Waals surface area contributed by atoms with Gasteiger partial charge in [-0.25, -0.2) is 9.78 Å². The van der Waals surface area contributed by atoms with Gasteiger partial charge in [0.25, 0.3) is 11.5 Å². The lowest BCUT2D eigenvalue weighted by Crippen LogP contribution is -2.33. The standard InChI is InChI=1S/C27H28N4O6/c1-5-7-13-31-23-19(26(33)30-14-9-8-10-22(30)28-23)16-20(27(34)37-6-2)24(31)29-25(32)18-12-11-17(35-3)15-21(18)36-4/h8-12,14-16H,5-7,13H2,1-4H3. The highest BCUT2D eigenvalue weighted by Crippen LogP contribution is 2.25. The van der Waals surface area contributed by atoms with Crippen LogP contribution in [0.1, 0.15) is 47.4 Å². The molecule has 0 atom stereocenters. The molecular weight excluding hydrogens is 476 g/mol. The van der Waals surface area contributed by atoms with E-state index in [-0.39, 0.29) is 39.9 Å². The van der Waals surface area contributed by atoms with Crippen molar-refractivity contribution < 1.29 is 23.8 Å². The number of nitrogens with zero attached hydrogens (tertiary/aromatic N) is 4. The Kier molecular flexibility index (Phi) is 7.66. The summed E-state index contributed by atoms with van der Waals surface area (Å²) in [5, 5.41) is 0.219. The first-order chi connectivity index (χ1) is 17.9. The molecule has 0 bridgehead atoms. The number of benzene rings is 1. The van der Waals surface area contributed by atoms with Crippen LogP contribution in [0.15, 0.2) is 58.4 Å². The fraction of sp³-hybridized carbons (Fsp3) is 0.296. The molecule has 0 aliphatic rings. The number of amides is 1. The average Bonchev–Trinajstić information content (AvgIpc) is 2.92. The third-order valence-electron chi connectivity index (χ3n) is 5.87. The third kappa shape index (κ3) is 4.95. The summed E-state index contributed by atoms with van der Waals surface area (Å²) < 4.78 is 18.9. The van der Waals surface area contributed by atoms with E-state index in [1.165, 1.54) is 24.7 Å². The molecule has 1 amide bonds. The van der Waals surface area contributed by atoms with Crippen LogP contribution >= 0.6 is 0 Å². The Balaban J connectivity index is 2.09. The van der Waals surface area contributed by atoms with E-state index in [1.807, 2.05) is 6.92 Å². The number of carbonyl (C=O) groups is 2. The van der Waals surface area contributed by atoms with E-state index in [9.17, 15) is 14.4 Å². The van der Waals surface area contributed by atoms with Crippen molar-refractivity contribution in [1.82, 2.24) is 14.0 Å². The van der Waals surface area contributed by atoms with Crippen molar-refractivity contribution in [3.8, 4) is 11.5 Å². The van der Waals surface area contributed by atoms with E-state index in [2.05, 4.69) is 4.99 Å². The second-order valence-electron chi connectivity index (χ2n) is 8.17. The Labute approximate surface area is 212 Å². The maximum Gasteiger partial charge on any atom is 0.341 e. The minimum Gasteiger partial charge on any atom is -0.497 e. The van der Waals surface area contributed by atoms with E-state index in [4.69, 9.17) is 19.2 Å². The first-order valence-corrected chi connectivity index (χ1v) is 12.0. The molecule has 0 saturated heterocycles. The zero-order valence-corrected chi connectivity index (χ0v) is 21.2. The minimum atomic E-state index is -0.694. The summed E-state index contributed by atoms with van der Waals surface area (Å²) in [4.78, 5) is 48.9. The molecular formula is C27H28N4O6. The van der Waals surface area contributed by atoms with Crippen molar-refractivity contribution in [2.75, 3.05) is 20.8 Å². The molecule has 0 fully saturated rings. The molecule has 0 N–H and O–H groups in total. The zero-order valence-electron chi connectivity index (χ0n) is 21.2. The molecule has 1 aromatic carbocycles. The second-order valence-corrected chi connectivity index (χ2v) is 8.17. The number of carbonyl (C=O) groups excluding carboxylic acids is 2. The first-order valence-electron chi connectivity index (χ1n) is 12.0. The number of methoxy groups -OCH3 is 2. The number of hydrogen-bond donors (Lipinski definition) is 0. The number of hydrogen-bond acceptors (Lipinski definition) is 7. The van der Waals surface area contributed by atoms with Crippen LogP contribution in [0.2, 0.25) is 0 Å². The van der Waals surface area contributed by atoms with Gasteiger partial charge in [-0.1, -0.05) is 19.4 Å². The van der Waals surface area contributed by atoms with Gasteiger partial charge in [-0.3, -0.25) is 14.0 Å². The van der Waals surface area contributed by atoms with Gasteiger partial charge in [0.15, 0.2) is 5.49 Å². The summed E-state index contributed by atoms with van der Waals surface area (Å²) in [7, 11) is 2.95. The molecule has 37 heavy (non-hydrogen) atoms. The summed E-state index contributed by atoms with van der Waals surface area (Å²) in [6, 6.07) is 11.4. The summed E-state index contributed by atoms with van der Waals surface area (Å²) >= 11 is 0. The third-order valence-corrected chi connectivity index (χ3v) is 5.87. The topological polar surface area (TPSA) is 113 Å². The summed E-state index contributed by atoms with van der Waals surface area (Å²) in [6.07, 6.45) is 3.14. The number of pyridine rings is 2. The molecule has 0 aliphatic carbocycles. The van der Waals surface area contributed by atoms with Gasteiger partial charge in [-0.15, -0.1) is 0 Å². The lowest BCUT2D eigenvalue weighted by molar-refractivity contribution is 0.0523. The number of fused-ring (bicyclic) bond motifs is 2. The summed E-state index contributed by atoms with van der Waals surface area (Å²) in [5.41, 5.74) is 0.669. The average molecular weight is 505 g/mol. The fourth-order valence-electron chi connectivity index (χ4n) is 4.02. The van der Waals surface area contributed by atoms with E-state index < -0.39 is 11.9 Å². The highest BCUT2D eigenvalue weighted by atomic mass is 16.5. The molecule has 3 heterocycles. The molecule has 10 nitrogen and oxygen atoms in total. The maximum absolute atomic E-state index is 13.4. The van der Waals surface area contributed by atoms with Crippen LogP contribution in [0.3, 0.4) is 0 Å². The van der Waals surface area contributed by atoms with E-state index in [0.29, 0.717) is 30.0 Å². The molecule has 0 spiro atoms. The van der Waals surface area contributed by atoms with Crippen LogP contribution in [0, 0.1) is 0 Å². The van der Waals surface area contributed by atoms with E-state index in [0.717, 1.165) is 6.42 Å². The Bertz CT molecular complexity index is 1620. The molecule has 4 aromatic rings. The van der Waals surface area contributed by atoms with Crippen LogP contribution in [0.4, 0.5) is 0 Å². The number of unbranched alkanes of at least 4 members (excludes halogenated alkanes) is 1. The van der Waals surface area contributed by atoms with E-state index in [1.54, 1.807) is 54.1 Å². The van der Waals surface area contributed by atoms with Crippen LogP contribution in [0.25, 0.3) is 16.7 Å². The van der Waals surface area contributed by atoms with Gasteiger partial charge >= 0.3 is 5.97 Å². The molecule has 4 rings (SSSR count). The summed E-state index contributed by atoms with van der Waals surface area (Å²) in [6.45, 7) is 4.18.